The number of hydrogen-bond donors (Lipinski definition) is 1. The van der Waals surface area contributed by atoms with Crippen molar-refractivity contribution >= 4 is 27.4 Å². The molecule has 2 rings (SSSR count). The molecule has 0 unspecified atom stereocenters. The summed E-state index contributed by atoms with van der Waals surface area (Å²) in [7, 11) is 0. The van der Waals surface area contributed by atoms with Crippen molar-refractivity contribution in [1.82, 2.24) is 4.98 Å². The molecule has 4 heteroatoms. The van der Waals surface area contributed by atoms with E-state index < -0.39 is 0 Å². The van der Waals surface area contributed by atoms with Crippen LogP contribution in [0.25, 0.3) is 0 Å². The van der Waals surface area contributed by atoms with E-state index in [-0.39, 0.29) is 0 Å². The van der Waals surface area contributed by atoms with E-state index in [9.17, 15) is 0 Å². The lowest BCUT2D eigenvalue weighted by Gasteiger charge is -2.07. The first kappa shape index (κ1) is 11.6. The first-order valence-electron chi connectivity index (χ1n) is 5.09. The number of aromatic nitrogens is 1. The number of halogens is 1. The number of anilines is 2. The summed E-state index contributed by atoms with van der Waals surface area (Å²) in [6, 6.07) is 13.2. The second-order valence-corrected chi connectivity index (χ2v) is 4.43. The van der Waals surface area contributed by atoms with Crippen LogP contribution in [-0.4, -0.2) is 4.98 Å². The van der Waals surface area contributed by atoms with E-state index in [2.05, 4.69) is 32.3 Å². The van der Waals surface area contributed by atoms with Crippen LogP contribution >= 0.6 is 15.9 Å². The Morgan fingerprint density at radius 1 is 1.18 bits per heavy atom. The smallest absolute Gasteiger partial charge is 0.130 e. The first-order valence-corrected chi connectivity index (χ1v) is 5.88. The maximum Gasteiger partial charge on any atom is 0.130 e. The van der Waals surface area contributed by atoms with Crippen LogP contribution in [0.2, 0.25) is 0 Å². The van der Waals surface area contributed by atoms with Gasteiger partial charge in [0.05, 0.1) is 17.3 Å². The molecule has 84 valence electrons. The molecule has 0 aliphatic rings. The third-order valence-electron chi connectivity index (χ3n) is 2.31. The molecule has 0 fully saturated rings. The quantitative estimate of drug-likeness (QED) is 0.915. The standard InChI is InChI=1S/C13H10BrN3/c1-9-12(14)6-7-13(16-9)17-11-4-2-10(8-15)3-5-11/h2-7H,1H3,(H,16,17). The summed E-state index contributed by atoms with van der Waals surface area (Å²) in [6.07, 6.45) is 0. The largest absolute Gasteiger partial charge is 0.340 e. The summed E-state index contributed by atoms with van der Waals surface area (Å²) in [5.41, 5.74) is 2.50. The zero-order chi connectivity index (χ0) is 12.3. The molecule has 3 nitrogen and oxygen atoms in total. The van der Waals surface area contributed by atoms with Crippen molar-refractivity contribution in [2.24, 2.45) is 0 Å². The molecule has 0 atom stereocenters. The van der Waals surface area contributed by atoms with Crippen LogP contribution in [0.1, 0.15) is 11.3 Å². The average molecular weight is 288 g/mol. The van der Waals surface area contributed by atoms with Gasteiger partial charge in [0.25, 0.3) is 0 Å². The molecule has 0 radical (unpaired) electrons. The fourth-order valence-corrected chi connectivity index (χ4v) is 1.61. The topological polar surface area (TPSA) is 48.7 Å². The molecular weight excluding hydrogens is 278 g/mol. The molecular formula is C13H10BrN3. The van der Waals surface area contributed by atoms with E-state index in [1.165, 1.54) is 0 Å². The predicted molar refractivity (Wildman–Crippen MR) is 71.1 cm³/mol. The molecule has 17 heavy (non-hydrogen) atoms. The molecule has 0 bridgehead atoms. The van der Waals surface area contributed by atoms with E-state index >= 15 is 0 Å². The van der Waals surface area contributed by atoms with E-state index in [0.717, 1.165) is 21.7 Å². The van der Waals surface area contributed by atoms with E-state index in [1.807, 2.05) is 31.2 Å². The third kappa shape index (κ3) is 2.83. The second-order valence-electron chi connectivity index (χ2n) is 3.58. The van der Waals surface area contributed by atoms with Crippen molar-refractivity contribution in [3.05, 3.63) is 52.1 Å². The van der Waals surface area contributed by atoms with Gasteiger partial charge in [0.15, 0.2) is 0 Å². The molecule has 0 amide bonds. The Labute approximate surface area is 108 Å². The second kappa shape index (κ2) is 4.98. The van der Waals surface area contributed by atoms with Crippen molar-refractivity contribution in [3.8, 4) is 6.07 Å². The number of rotatable bonds is 2. The average Bonchev–Trinajstić information content (AvgIpc) is 2.35. The lowest BCUT2D eigenvalue weighted by atomic mass is 10.2. The molecule has 0 aliphatic carbocycles. The van der Waals surface area contributed by atoms with Crippen LogP contribution in [0.15, 0.2) is 40.9 Å². The minimum Gasteiger partial charge on any atom is -0.340 e. The summed E-state index contributed by atoms with van der Waals surface area (Å²) in [5.74, 6) is 0.787. The number of nitriles is 1. The van der Waals surface area contributed by atoms with Gasteiger partial charge in [0.2, 0.25) is 0 Å². The van der Waals surface area contributed by atoms with Gasteiger partial charge in [-0.05, 0) is 59.3 Å². The molecule has 0 spiro atoms. The van der Waals surface area contributed by atoms with E-state index in [4.69, 9.17) is 5.26 Å². The summed E-state index contributed by atoms with van der Waals surface area (Å²) in [5, 5.41) is 11.9. The highest BCUT2D eigenvalue weighted by molar-refractivity contribution is 9.10. The van der Waals surface area contributed by atoms with Gasteiger partial charge in [-0.3, -0.25) is 0 Å². The third-order valence-corrected chi connectivity index (χ3v) is 3.15. The summed E-state index contributed by atoms with van der Waals surface area (Å²) in [4.78, 5) is 4.39. The Morgan fingerprint density at radius 3 is 2.47 bits per heavy atom. The van der Waals surface area contributed by atoms with Crippen molar-refractivity contribution in [2.75, 3.05) is 5.32 Å². The van der Waals surface area contributed by atoms with Crippen LogP contribution in [0, 0.1) is 18.3 Å². The lowest BCUT2D eigenvalue weighted by Crippen LogP contribution is -1.95. The number of benzene rings is 1. The molecule has 1 heterocycles. The molecule has 0 saturated carbocycles. The summed E-state index contributed by atoms with van der Waals surface area (Å²) >= 11 is 3.41. The molecule has 1 aromatic carbocycles. The molecule has 0 aliphatic heterocycles. The molecule has 1 aromatic heterocycles. The monoisotopic (exact) mass is 287 g/mol. The maximum atomic E-state index is 8.70. The fourth-order valence-electron chi connectivity index (χ4n) is 1.39. The summed E-state index contributed by atoms with van der Waals surface area (Å²) in [6.45, 7) is 1.94. The van der Waals surface area contributed by atoms with E-state index in [0.29, 0.717) is 5.56 Å². The van der Waals surface area contributed by atoms with Gasteiger partial charge in [-0.1, -0.05) is 0 Å². The van der Waals surface area contributed by atoms with Crippen LogP contribution in [0.3, 0.4) is 0 Å². The van der Waals surface area contributed by atoms with Crippen LogP contribution < -0.4 is 5.32 Å². The Bertz CT molecular complexity index is 570. The van der Waals surface area contributed by atoms with Gasteiger partial charge in [-0.15, -0.1) is 0 Å². The summed E-state index contributed by atoms with van der Waals surface area (Å²) < 4.78 is 0.989. The van der Waals surface area contributed by atoms with Crippen molar-refractivity contribution in [3.63, 3.8) is 0 Å². The van der Waals surface area contributed by atoms with Crippen molar-refractivity contribution in [2.45, 2.75) is 6.92 Å². The minimum absolute atomic E-state index is 0.649. The highest BCUT2D eigenvalue weighted by Crippen LogP contribution is 2.19. The van der Waals surface area contributed by atoms with Crippen LogP contribution in [0.4, 0.5) is 11.5 Å². The molecule has 1 N–H and O–H groups in total. The minimum atomic E-state index is 0.649. The predicted octanol–water partition coefficient (Wildman–Crippen LogP) is 3.77. The van der Waals surface area contributed by atoms with Gasteiger partial charge < -0.3 is 5.32 Å². The molecule has 0 saturated heterocycles. The highest BCUT2D eigenvalue weighted by atomic mass is 79.9. The highest BCUT2D eigenvalue weighted by Gasteiger charge is 1.99. The van der Waals surface area contributed by atoms with Gasteiger partial charge in [-0.25, -0.2) is 4.98 Å². The first-order chi connectivity index (χ1) is 8.19. The number of nitrogens with zero attached hydrogens (tertiary/aromatic N) is 2. The number of pyridine rings is 1. The maximum absolute atomic E-state index is 8.70. The lowest BCUT2D eigenvalue weighted by molar-refractivity contribution is 1.18. The number of nitrogens with one attached hydrogen (secondary N) is 1. The Kier molecular flexibility index (Phi) is 3.40. The Morgan fingerprint density at radius 2 is 1.88 bits per heavy atom. The van der Waals surface area contributed by atoms with Crippen molar-refractivity contribution < 1.29 is 0 Å². The SMILES string of the molecule is Cc1nc(Nc2ccc(C#N)cc2)ccc1Br. The number of hydrogen-bond acceptors (Lipinski definition) is 3. The van der Waals surface area contributed by atoms with Crippen LogP contribution in [-0.2, 0) is 0 Å². The normalized spacial score (nSPS) is 9.71. The zero-order valence-electron chi connectivity index (χ0n) is 9.24. The van der Waals surface area contributed by atoms with Gasteiger partial charge in [-0.2, -0.15) is 5.26 Å². The number of aryl methyl sites for hydroxylation is 1. The fraction of sp³-hybridized carbons (Fsp3) is 0.0769. The van der Waals surface area contributed by atoms with Crippen molar-refractivity contribution in [1.29, 1.82) is 5.26 Å². The van der Waals surface area contributed by atoms with Gasteiger partial charge >= 0.3 is 0 Å². The van der Waals surface area contributed by atoms with Gasteiger partial charge in [0.1, 0.15) is 5.82 Å². The van der Waals surface area contributed by atoms with Crippen LogP contribution in [0.5, 0.6) is 0 Å². The Hall–Kier alpha value is -1.86. The Balaban J connectivity index is 2.20. The molecule has 2 aromatic rings. The van der Waals surface area contributed by atoms with Gasteiger partial charge in [0, 0.05) is 10.2 Å². The van der Waals surface area contributed by atoms with E-state index in [1.54, 1.807) is 12.1 Å². The zero-order valence-corrected chi connectivity index (χ0v) is 10.8.